The fraction of sp³-hybridized carbons (Fsp3) is 0.893. The van der Waals surface area contributed by atoms with E-state index in [1.807, 2.05) is 7.05 Å². The Balaban J connectivity index is 1.45. The summed E-state index contributed by atoms with van der Waals surface area (Å²) in [7, 11) is 1.91. The highest BCUT2D eigenvalue weighted by Crippen LogP contribution is 2.61. The van der Waals surface area contributed by atoms with Crippen LogP contribution in [0.1, 0.15) is 66.2 Å². The maximum absolute atomic E-state index is 13.8. The van der Waals surface area contributed by atoms with Crippen LogP contribution >= 0.6 is 0 Å². The van der Waals surface area contributed by atoms with Crippen molar-refractivity contribution in [1.82, 2.24) is 15.7 Å². The topological polar surface area (TPSA) is 94.1 Å². The maximum Gasteiger partial charge on any atom is 0.240 e. The Hall–Kier alpha value is -1.17. The smallest absolute Gasteiger partial charge is 0.240 e. The van der Waals surface area contributed by atoms with Crippen LogP contribution in [0.15, 0.2) is 0 Å². The second-order valence-electron chi connectivity index (χ2n) is 12.3. The normalized spacial score (nSPS) is 41.4. The van der Waals surface area contributed by atoms with Crippen molar-refractivity contribution in [2.24, 2.45) is 40.9 Å². The minimum Gasteiger partial charge on any atom is -0.394 e. The monoisotopic (exact) mass is 489 g/mol. The largest absolute Gasteiger partial charge is 0.394 e. The highest BCUT2D eigenvalue weighted by molar-refractivity contribution is 5.82. The molecule has 198 valence electrons. The average molecular weight is 490 g/mol. The van der Waals surface area contributed by atoms with Crippen molar-refractivity contribution in [1.29, 1.82) is 0 Å². The summed E-state index contributed by atoms with van der Waals surface area (Å²) in [5.41, 5.74) is 0.362. The molecule has 4 N–H and O–H groups in total. The molecule has 2 bridgehead atoms. The molecule has 3 unspecified atom stereocenters. The minimum atomic E-state index is -0.754. The number of hydrogen-bond donors (Lipinski definition) is 4. The van der Waals surface area contributed by atoms with E-state index in [0.717, 1.165) is 32.1 Å². The minimum absolute atomic E-state index is 0.0658. The molecule has 0 aromatic carbocycles. The van der Waals surface area contributed by atoms with E-state index in [1.165, 1.54) is 6.42 Å². The number of nitrogens with one attached hydrogen (secondary N) is 2. The zero-order valence-corrected chi connectivity index (χ0v) is 22.3. The Morgan fingerprint density at radius 1 is 1.26 bits per heavy atom. The SMILES string of the molecule is CNCC#CC1CCCC(CN2O[C@@H](CO)[C@@H]([C@H](C)O)[C@H]2C(=O)N[C@H]2C[C@H]3CC([C@@H]2C)C3(C)C)C1. The number of rotatable bonds is 7. The Morgan fingerprint density at radius 3 is 2.66 bits per heavy atom. The molecule has 0 spiro atoms. The van der Waals surface area contributed by atoms with E-state index in [-0.39, 0.29) is 18.6 Å². The highest BCUT2D eigenvalue weighted by Gasteiger charge is 2.57. The summed E-state index contributed by atoms with van der Waals surface area (Å²) in [4.78, 5) is 19.9. The standard InChI is InChI=1S/C28H47N3O4/c1-17-22-13-21(28(22,3)4)14-23(17)30-27(34)26-25(18(2)33)24(16-32)35-31(26)15-20-9-6-8-19(12-20)10-7-11-29-5/h17-26,29,32-33H,6,8-9,11-16H2,1-5H3,(H,30,34)/t17-,18-,19?,20?,21+,22?,23-,24-,25+,26-/m0/s1. The zero-order chi connectivity index (χ0) is 25.3. The van der Waals surface area contributed by atoms with Gasteiger partial charge in [0.25, 0.3) is 0 Å². The van der Waals surface area contributed by atoms with Gasteiger partial charge in [0.2, 0.25) is 5.91 Å². The zero-order valence-electron chi connectivity index (χ0n) is 22.3. The second-order valence-corrected chi connectivity index (χ2v) is 12.3. The molecule has 0 aromatic heterocycles. The number of carbonyl (C=O) groups is 1. The predicted octanol–water partition coefficient (Wildman–Crippen LogP) is 2.18. The number of aliphatic hydroxyl groups is 2. The van der Waals surface area contributed by atoms with Gasteiger partial charge in [0, 0.05) is 24.4 Å². The molecule has 35 heavy (non-hydrogen) atoms. The molecular weight excluding hydrogens is 442 g/mol. The van der Waals surface area contributed by atoms with Crippen LogP contribution in [0.25, 0.3) is 0 Å². The molecule has 1 aliphatic heterocycles. The molecule has 0 radical (unpaired) electrons. The summed E-state index contributed by atoms with van der Waals surface area (Å²) < 4.78 is 0. The summed E-state index contributed by atoms with van der Waals surface area (Å²) >= 11 is 0. The van der Waals surface area contributed by atoms with Gasteiger partial charge in [0.05, 0.1) is 19.3 Å². The van der Waals surface area contributed by atoms with Gasteiger partial charge >= 0.3 is 0 Å². The molecule has 4 saturated carbocycles. The summed E-state index contributed by atoms with van der Waals surface area (Å²) in [5.74, 6) is 8.57. The van der Waals surface area contributed by atoms with Crippen LogP contribution in [0, 0.1) is 52.8 Å². The summed E-state index contributed by atoms with van der Waals surface area (Å²) in [6, 6.07) is -0.438. The molecule has 5 fully saturated rings. The van der Waals surface area contributed by atoms with Gasteiger partial charge in [-0.05, 0) is 75.2 Å². The van der Waals surface area contributed by atoms with Gasteiger partial charge in [-0.15, -0.1) is 0 Å². The van der Waals surface area contributed by atoms with Gasteiger partial charge < -0.3 is 20.8 Å². The van der Waals surface area contributed by atoms with Gasteiger partial charge in [-0.25, -0.2) is 0 Å². The lowest BCUT2D eigenvalue weighted by Gasteiger charge is -2.62. The first-order chi connectivity index (χ1) is 16.7. The number of nitrogens with zero attached hydrogens (tertiary/aromatic N) is 1. The third kappa shape index (κ3) is 5.43. The molecule has 4 aliphatic carbocycles. The fourth-order valence-electron chi connectivity index (χ4n) is 7.63. The Bertz CT molecular complexity index is 806. The summed E-state index contributed by atoms with van der Waals surface area (Å²) in [6.07, 6.45) is 5.27. The van der Waals surface area contributed by atoms with Gasteiger partial charge in [0.15, 0.2) is 0 Å². The summed E-state index contributed by atoms with van der Waals surface area (Å²) in [5, 5.41) is 28.9. The summed E-state index contributed by atoms with van der Waals surface area (Å²) in [6.45, 7) is 9.82. The number of hydrogen-bond acceptors (Lipinski definition) is 6. The Morgan fingerprint density at radius 2 is 2.03 bits per heavy atom. The molecule has 5 rings (SSSR count). The first-order valence-corrected chi connectivity index (χ1v) is 13.8. The van der Waals surface area contributed by atoms with Crippen molar-refractivity contribution in [3.8, 4) is 11.8 Å². The first kappa shape index (κ1) is 26.9. The van der Waals surface area contributed by atoms with Gasteiger partial charge in [-0.1, -0.05) is 39.0 Å². The number of carbonyl (C=O) groups excluding carboxylic acids is 1. The van der Waals surface area contributed by atoms with Crippen molar-refractivity contribution in [2.75, 3.05) is 26.7 Å². The fourth-order valence-corrected chi connectivity index (χ4v) is 7.63. The van der Waals surface area contributed by atoms with Crippen LogP contribution in [-0.4, -0.2) is 72.2 Å². The quantitative estimate of drug-likeness (QED) is 0.410. The third-order valence-electron chi connectivity index (χ3n) is 9.85. The van der Waals surface area contributed by atoms with E-state index in [1.54, 1.807) is 12.0 Å². The van der Waals surface area contributed by atoms with E-state index in [9.17, 15) is 15.0 Å². The van der Waals surface area contributed by atoms with E-state index >= 15 is 0 Å². The van der Waals surface area contributed by atoms with Crippen LogP contribution in [0.3, 0.4) is 0 Å². The molecule has 1 heterocycles. The third-order valence-corrected chi connectivity index (χ3v) is 9.85. The number of hydroxylamine groups is 2. The van der Waals surface area contributed by atoms with Crippen molar-refractivity contribution < 1.29 is 19.8 Å². The first-order valence-electron chi connectivity index (χ1n) is 13.8. The van der Waals surface area contributed by atoms with E-state index < -0.39 is 24.2 Å². The molecule has 7 heteroatoms. The molecule has 7 nitrogen and oxygen atoms in total. The molecule has 1 saturated heterocycles. The lowest BCUT2D eigenvalue weighted by molar-refractivity contribution is -0.184. The molecule has 1 amide bonds. The van der Waals surface area contributed by atoms with Gasteiger partial charge in [-0.3, -0.25) is 9.63 Å². The molecule has 10 atom stereocenters. The van der Waals surface area contributed by atoms with Gasteiger partial charge in [0.1, 0.15) is 12.1 Å². The highest BCUT2D eigenvalue weighted by atomic mass is 16.7. The van der Waals surface area contributed by atoms with Crippen molar-refractivity contribution in [2.45, 2.75) is 90.5 Å². The lowest BCUT2D eigenvalue weighted by atomic mass is 9.45. The number of fused-ring (bicyclic) bond motifs is 2. The van der Waals surface area contributed by atoms with Crippen LogP contribution in [0.4, 0.5) is 0 Å². The van der Waals surface area contributed by atoms with E-state index in [2.05, 4.69) is 43.2 Å². The predicted molar refractivity (Wildman–Crippen MR) is 136 cm³/mol. The van der Waals surface area contributed by atoms with Crippen LogP contribution in [0.2, 0.25) is 0 Å². The van der Waals surface area contributed by atoms with Crippen molar-refractivity contribution in [3.63, 3.8) is 0 Å². The Labute approximate surface area is 211 Å². The molecule has 5 aliphatic rings. The molecular formula is C28H47N3O4. The maximum atomic E-state index is 13.8. The number of amides is 1. The lowest BCUT2D eigenvalue weighted by Crippen LogP contribution is -2.62. The van der Waals surface area contributed by atoms with Crippen LogP contribution < -0.4 is 10.6 Å². The second kappa shape index (κ2) is 11.1. The van der Waals surface area contributed by atoms with Crippen LogP contribution in [0.5, 0.6) is 0 Å². The van der Waals surface area contributed by atoms with E-state index in [0.29, 0.717) is 48.1 Å². The molecule has 0 aromatic rings. The van der Waals surface area contributed by atoms with Gasteiger partial charge in [-0.2, -0.15) is 5.06 Å². The van der Waals surface area contributed by atoms with E-state index in [4.69, 9.17) is 4.84 Å². The average Bonchev–Trinajstić information content (AvgIpc) is 3.19. The van der Waals surface area contributed by atoms with Crippen LogP contribution in [-0.2, 0) is 9.63 Å². The Kier molecular flexibility index (Phi) is 8.50. The van der Waals surface area contributed by atoms with Crippen molar-refractivity contribution in [3.05, 3.63) is 0 Å². The number of aliphatic hydroxyl groups excluding tert-OH is 2. The van der Waals surface area contributed by atoms with Crippen molar-refractivity contribution >= 4 is 5.91 Å².